The number of carbonyl (C=O) groups is 1. The van der Waals surface area contributed by atoms with Gasteiger partial charge in [-0.25, -0.2) is 0 Å². The molecule has 0 spiro atoms. The van der Waals surface area contributed by atoms with Crippen LogP contribution in [0.1, 0.15) is 26.7 Å². The number of carbonyl (C=O) groups excluding carboxylic acids is 1. The van der Waals surface area contributed by atoms with E-state index in [1.807, 2.05) is 59.5 Å². The van der Waals surface area contributed by atoms with Crippen molar-refractivity contribution in [3.8, 4) is 11.5 Å². The van der Waals surface area contributed by atoms with Gasteiger partial charge >= 0.3 is 0 Å². The van der Waals surface area contributed by atoms with Crippen molar-refractivity contribution in [1.82, 2.24) is 4.90 Å². The summed E-state index contributed by atoms with van der Waals surface area (Å²) in [5.74, 6) is 1.66. The first kappa shape index (κ1) is 20.6. The Morgan fingerprint density at radius 2 is 1.52 bits per heavy atom. The minimum absolute atomic E-state index is 0.112. The van der Waals surface area contributed by atoms with Gasteiger partial charge in [0.2, 0.25) is 5.91 Å². The number of nitrogens with zero attached hydrogens (tertiary/aromatic N) is 1. The quantitative estimate of drug-likeness (QED) is 0.569. The van der Waals surface area contributed by atoms with E-state index < -0.39 is 0 Å². The number of nitrogens with one attached hydrogen (secondary N) is 1. The fraction of sp³-hybridized carbons (Fsp3) is 0.409. The van der Waals surface area contributed by atoms with Crippen LogP contribution in [-0.2, 0) is 4.79 Å². The van der Waals surface area contributed by atoms with Crippen LogP contribution in [0.3, 0.4) is 0 Å². The molecule has 2 rings (SSSR count). The molecule has 146 valence electrons. The summed E-state index contributed by atoms with van der Waals surface area (Å²) in [6.45, 7) is 6.92. The van der Waals surface area contributed by atoms with E-state index in [9.17, 15) is 4.79 Å². The number of hydrogen-bond acceptors (Lipinski definition) is 4. The molecule has 1 amide bonds. The summed E-state index contributed by atoms with van der Waals surface area (Å²) in [5, 5.41) is 3.21. The number of anilines is 1. The molecule has 5 heteroatoms. The maximum atomic E-state index is 12.4. The van der Waals surface area contributed by atoms with Crippen LogP contribution in [0.15, 0.2) is 54.6 Å². The minimum Gasteiger partial charge on any atom is -0.490 e. The number of amides is 1. The number of para-hydroxylation sites is 3. The summed E-state index contributed by atoms with van der Waals surface area (Å²) in [4.78, 5) is 14.3. The second kappa shape index (κ2) is 11.8. The average Bonchev–Trinajstić information content (AvgIpc) is 2.71. The molecule has 0 aromatic heterocycles. The van der Waals surface area contributed by atoms with Crippen LogP contribution in [0.2, 0.25) is 0 Å². The number of ether oxygens (including phenoxy) is 2. The molecule has 0 atom stereocenters. The molecule has 0 aliphatic heterocycles. The maximum absolute atomic E-state index is 12.4. The van der Waals surface area contributed by atoms with Crippen molar-refractivity contribution in [3.63, 3.8) is 0 Å². The van der Waals surface area contributed by atoms with Crippen LogP contribution in [0, 0.1) is 0 Å². The molecule has 1 N–H and O–H groups in total. The number of benzene rings is 2. The Balaban J connectivity index is 1.82. The summed E-state index contributed by atoms with van der Waals surface area (Å²) in [6.07, 6.45) is 1.93. The van der Waals surface area contributed by atoms with Gasteiger partial charge in [0.1, 0.15) is 24.7 Å². The fourth-order valence-electron chi connectivity index (χ4n) is 2.75. The summed E-state index contributed by atoms with van der Waals surface area (Å²) in [7, 11) is 0. The van der Waals surface area contributed by atoms with Gasteiger partial charge in [-0.15, -0.1) is 0 Å². The standard InChI is InChI=1S/C22H30N2O3/c1-3-14-24(15-4-2)22(25)18-23-20-12-8-9-13-21(20)27-17-16-26-19-10-6-5-7-11-19/h5-13,23H,3-4,14-18H2,1-2H3. The van der Waals surface area contributed by atoms with Gasteiger partial charge in [0.05, 0.1) is 12.2 Å². The number of hydrogen-bond donors (Lipinski definition) is 1. The van der Waals surface area contributed by atoms with E-state index in [0.717, 1.165) is 43.1 Å². The Morgan fingerprint density at radius 1 is 0.889 bits per heavy atom. The van der Waals surface area contributed by atoms with Gasteiger partial charge in [-0.05, 0) is 37.1 Å². The van der Waals surface area contributed by atoms with Gasteiger partial charge in [-0.2, -0.15) is 0 Å². The monoisotopic (exact) mass is 370 g/mol. The Labute approximate surface area is 162 Å². The molecule has 0 aliphatic carbocycles. The second-order valence-corrected chi connectivity index (χ2v) is 6.24. The topological polar surface area (TPSA) is 50.8 Å². The van der Waals surface area contributed by atoms with Crippen molar-refractivity contribution in [2.45, 2.75) is 26.7 Å². The van der Waals surface area contributed by atoms with Crippen molar-refractivity contribution < 1.29 is 14.3 Å². The first-order valence-corrected chi connectivity index (χ1v) is 9.66. The first-order chi connectivity index (χ1) is 13.2. The van der Waals surface area contributed by atoms with E-state index in [1.54, 1.807) is 0 Å². The Hall–Kier alpha value is -2.69. The maximum Gasteiger partial charge on any atom is 0.241 e. The van der Waals surface area contributed by atoms with E-state index in [4.69, 9.17) is 9.47 Å². The molecule has 0 radical (unpaired) electrons. The molecule has 0 unspecified atom stereocenters. The van der Waals surface area contributed by atoms with E-state index in [1.165, 1.54) is 0 Å². The molecule has 0 fully saturated rings. The van der Waals surface area contributed by atoms with Crippen molar-refractivity contribution in [2.24, 2.45) is 0 Å². The largest absolute Gasteiger partial charge is 0.490 e. The highest BCUT2D eigenvalue weighted by Gasteiger charge is 2.12. The van der Waals surface area contributed by atoms with Gasteiger partial charge in [0.15, 0.2) is 0 Å². The van der Waals surface area contributed by atoms with Crippen molar-refractivity contribution >= 4 is 11.6 Å². The SMILES string of the molecule is CCCN(CCC)C(=O)CNc1ccccc1OCCOc1ccccc1. The third kappa shape index (κ3) is 7.21. The van der Waals surface area contributed by atoms with E-state index in [-0.39, 0.29) is 12.5 Å². The average molecular weight is 370 g/mol. The second-order valence-electron chi connectivity index (χ2n) is 6.24. The van der Waals surface area contributed by atoms with E-state index in [0.29, 0.717) is 13.2 Å². The normalized spacial score (nSPS) is 10.3. The highest BCUT2D eigenvalue weighted by atomic mass is 16.5. The van der Waals surface area contributed by atoms with Crippen molar-refractivity contribution in [3.05, 3.63) is 54.6 Å². The first-order valence-electron chi connectivity index (χ1n) is 9.66. The highest BCUT2D eigenvalue weighted by molar-refractivity contribution is 5.81. The zero-order valence-electron chi connectivity index (χ0n) is 16.3. The van der Waals surface area contributed by atoms with E-state index in [2.05, 4.69) is 19.2 Å². The zero-order chi connectivity index (χ0) is 19.3. The van der Waals surface area contributed by atoms with Crippen LogP contribution < -0.4 is 14.8 Å². The molecule has 5 nitrogen and oxygen atoms in total. The smallest absolute Gasteiger partial charge is 0.241 e. The van der Waals surface area contributed by atoms with Crippen LogP contribution in [-0.4, -0.2) is 43.7 Å². The molecular formula is C22H30N2O3. The third-order valence-corrected chi connectivity index (χ3v) is 4.01. The summed E-state index contributed by atoms with van der Waals surface area (Å²) in [6, 6.07) is 17.3. The van der Waals surface area contributed by atoms with Gasteiger partial charge in [-0.3, -0.25) is 4.79 Å². The summed E-state index contributed by atoms with van der Waals surface area (Å²) < 4.78 is 11.5. The molecule has 27 heavy (non-hydrogen) atoms. The predicted octanol–water partition coefficient (Wildman–Crippen LogP) is 4.20. The molecule has 0 bridgehead atoms. The minimum atomic E-state index is 0.112. The van der Waals surface area contributed by atoms with E-state index >= 15 is 0 Å². The molecule has 0 saturated carbocycles. The summed E-state index contributed by atoms with van der Waals surface area (Å²) in [5.41, 5.74) is 0.818. The number of rotatable bonds is 12. The lowest BCUT2D eigenvalue weighted by Crippen LogP contribution is -2.36. The third-order valence-electron chi connectivity index (χ3n) is 4.01. The van der Waals surface area contributed by atoms with Gasteiger partial charge in [-0.1, -0.05) is 44.2 Å². The van der Waals surface area contributed by atoms with Crippen molar-refractivity contribution in [1.29, 1.82) is 0 Å². The molecule has 2 aromatic rings. The predicted molar refractivity (Wildman–Crippen MR) is 110 cm³/mol. The molecule has 2 aromatic carbocycles. The molecule has 0 heterocycles. The van der Waals surface area contributed by atoms with Crippen molar-refractivity contribution in [2.75, 3.05) is 38.2 Å². The molecular weight excluding hydrogens is 340 g/mol. The van der Waals surface area contributed by atoms with Gasteiger partial charge < -0.3 is 19.7 Å². The highest BCUT2D eigenvalue weighted by Crippen LogP contribution is 2.23. The van der Waals surface area contributed by atoms with Crippen LogP contribution >= 0.6 is 0 Å². The molecule has 0 saturated heterocycles. The van der Waals surface area contributed by atoms with Crippen LogP contribution in [0.5, 0.6) is 11.5 Å². The lowest BCUT2D eigenvalue weighted by atomic mass is 10.3. The van der Waals surface area contributed by atoms with Gasteiger partial charge in [0, 0.05) is 13.1 Å². The van der Waals surface area contributed by atoms with Crippen LogP contribution in [0.25, 0.3) is 0 Å². The van der Waals surface area contributed by atoms with Crippen LogP contribution in [0.4, 0.5) is 5.69 Å². The Kier molecular flexibility index (Phi) is 9.04. The fourth-order valence-corrected chi connectivity index (χ4v) is 2.75. The lowest BCUT2D eigenvalue weighted by molar-refractivity contribution is -0.129. The Bertz CT molecular complexity index is 670. The Morgan fingerprint density at radius 3 is 2.22 bits per heavy atom. The zero-order valence-corrected chi connectivity index (χ0v) is 16.3. The van der Waals surface area contributed by atoms with Gasteiger partial charge in [0.25, 0.3) is 0 Å². The molecule has 0 aliphatic rings. The lowest BCUT2D eigenvalue weighted by Gasteiger charge is -2.22. The summed E-state index contributed by atoms with van der Waals surface area (Å²) >= 11 is 0.